The highest BCUT2D eigenvalue weighted by Crippen LogP contribution is 2.70. The van der Waals surface area contributed by atoms with Gasteiger partial charge in [-0.1, -0.05) is 93.9 Å². The third-order valence-corrected chi connectivity index (χ3v) is 8.63. The van der Waals surface area contributed by atoms with Crippen LogP contribution in [0.2, 0.25) is 0 Å². The third-order valence-electron chi connectivity index (χ3n) is 8.63. The van der Waals surface area contributed by atoms with Crippen LogP contribution in [0, 0.1) is 28.1 Å². The largest absolute Gasteiger partial charge is 0.0654 e. The van der Waals surface area contributed by atoms with Gasteiger partial charge in [0.15, 0.2) is 0 Å². The van der Waals surface area contributed by atoms with Gasteiger partial charge in [0.05, 0.1) is 0 Å². The number of rotatable bonds is 10. The molecule has 0 bridgehead atoms. The van der Waals surface area contributed by atoms with Crippen LogP contribution in [-0.2, 0) is 0 Å². The van der Waals surface area contributed by atoms with E-state index in [0.29, 0.717) is 16.2 Å². The first-order valence-corrected chi connectivity index (χ1v) is 11.4. The van der Waals surface area contributed by atoms with Crippen molar-refractivity contribution in [2.75, 3.05) is 0 Å². The van der Waals surface area contributed by atoms with Gasteiger partial charge in [-0.2, -0.15) is 0 Å². The number of unbranched alkanes of at least 4 members (excludes halogenated alkanes) is 2. The molecule has 0 nitrogen and oxygen atoms in total. The molecule has 3 unspecified atom stereocenters. The van der Waals surface area contributed by atoms with Crippen LogP contribution >= 0.6 is 0 Å². The maximum absolute atomic E-state index is 2.65. The summed E-state index contributed by atoms with van der Waals surface area (Å²) in [6.07, 6.45) is 15.5. The van der Waals surface area contributed by atoms with Crippen molar-refractivity contribution in [2.24, 2.45) is 28.1 Å². The highest BCUT2D eigenvalue weighted by molar-refractivity contribution is 5.11. The second-order valence-electron chi connectivity index (χ2n) is 9.37. The molecule has 0 amide bonds. The fourth-order valence-corrected chi connectivity index (χ4v) is 7.66. The Bertz CT molecular complexity index is 349. The summed E-state index contributed by atoms with van der Waals surface area (Å²) in [5.41, 5.74) is 1.55. The van der Waals surface area contributed by atoms with Crippen molar-refractivity contribution in [3.8, 4) is 0 Å². The predicted molar refractivity (Wildman–Crippen MR) is 110 cm³/mol. The molecule has 3 atom stereocenters. The van der Waals surface area contributed by atoms with E-state index in [1.54, 1.807) is 0 Å². The minimum Gasteiger partial charge on any atom is -0.0654 e. The summed E-state index contributed by atoms with van der Waals surface area (Å²) in [6.45, 7) is 20.0. The van der Waals surface area contributed by atoms with Crippen LogP contribution in [0.25, 0.3) is 0 Å². The molecule has 0 N–H and O–H groups in total. The molecule has 0 saturated heterocycles. The van der Waals surface area contributed by atoms with E-state index >= 15 is 0 Å². The molecule has 0 aromatic heterocycles. The van der Waals surface area contributed by atoms with Gasteiger partial charge in [-0.15, -0.1) is 0 Å². The number of hydrogen-bond acceptors (Lipinski definition) is 0. The molecule has 0 aromatic rings. The first kappa shape index (κ1) is 22.0. The highest BCUT2D eigenvalue weighted by Gasteiger charge is 2.62. The van der Waals surface area contributed by atoms with Gasteiger partial charge >= 0.3 is 0 Å². The van der Waals surface area contributed by atoms with Gasteiger partial charge in [-0.05, 0) is 60.2 Å². The van der Waals surface area contributed by atoms with Gasteiger partial charge in [0.25, 0.3) is 0 Å². The zero-order valence-electron chi connectivity index (χ0n) is 18.4. The lowest BCUT2D eigenvalue weighted by Crippen LogP contribution is -2.60. The van der Waals surface area contributed by atoms with Gasteiger partial charge < -0.3 is 0 Å². The second kappa shape index (κ2) is 9.09. The average Bonchev–Trinajstić information content (AvgIpc) is 2.55. The minimum absolute atomic E-state index is 0.464. The van der Waals surface area contributed by atoms with E-state index in [1.807, 2.05) is 0 Å². The first-order valence-electron chi connectivity index (χ1n) is 11.4. The summed E-state index contributed by atoms with van der Waals surface area (Å²) in [7, 11) is 0. The summed E-state index contributed by atoms with van der Waals surface area (Å²) >= 11 is 0. The van der Waals surface area contributed by atoms with Crippen LogP contribution in [0.5, 0.6) is 0 Å². The highest BCUT2D eigenvalue weighted by atomic mass is 14.7. The molecule has 0 radical (unpaired) electrons. The second-order valence-corrected chi connectivity index (χ2v) is 9.37. The van der Waals surface area contributed by atoms with Crippen LogP contribution < -0.4 is 0 Å². The van der Waals surface area contributed by atoms with Crippen molar-refractivity contribution in [1.82, 2.24) is 0 Å². The van der Waals surface area contributed by atoms with Gasteiger partial charge in [0.2, 0.25) is 0 Å². The van der Waals surface area contributed by atoms with Gasteiger partial charge in [0, 0.05) is 0 Å². The van der Waals surface area contributed by atoms with Crippen LogP contribution in [0.3, 0.4) is 0 Å². The van der Waals surface area contributed by atoms with Crippen molar-refractivity contribution in [2.45, 2.75) is 126 Å². The molecule has 0 heterocycles. The zero-order chi connectivity index (χ0) is 18.4. The molecule has 24 heavy (non-hydrogen) atoms. The smallest absolute Gasteiger partial charge is 0.0192 e. The normalized spacial score (nSPS) is 32.0. The molecule has 1 fully saturated rings. The molecule has 144 valence electrons. The number of hydrogen-bond donors (Lipinski definition) is 0. The van der Waals surface area contributed by atoms with E-state index in [9.17, 15) is 0 Å². The topological polar surface area (TPSA) is 0 Å². The summed E-state index contributed by atoms with van der Waals surface area (Å²) in [5.74, 6) is 1.86. The molecular formula is C24H48. The maximum atomic E-state index is 2.65. The molecule has 0 aliphatic heterocycles. The van der Waals surface area contributed by atoms with Gasteiger partial charge in [0.1, 0.15) is 0 Å². The van der Waals surface area contributed by atoms with E-state index in [4.69, 9.17) is 0 Å². The Balaban J connectivity index is 3.34. The van der Waals surface area contributed by atoms with Crippen LogP contribution in [0.15, 0.2) is 0 Å². The van der Waals surface area contributed by atoms with Crippen molar-refractivity contribution in [1.29, 1.82) is 0 Å². The molecular weight excluding hydrogens is 288 g/mol. The first-order chi connectivity index (χ1) is 11.4. The molecule has 1 rings (SSSR count). The fourth-order valence-electron chi connectivity index (χ4n) is 7.66. The van der Waals surface area contributed by atoms with Gasteiger partial charge in [-0.3, -0.25) is 0 Å². The quantitative estimate of drug-likeness (QED) is 0.350. The van der Waals surface area contributed by atoms with E-state index in [2.05, 4.69) is 55.4 Å². The molecule has 1 aliphatic carbocycles. The van der Waals surface area contributed by atoms with Crippen molar-refractivity contribution in [3.63, 3.8) is 0 Å². The fraction of sp³-hybridized carbons (Fsp3) is 1.00. The summed E-state index contributed by atoms with van der Waals surface area (Å²) in [4.78, 5) is 0. The minimum atomic E-state index is 0.464. The standard InChI is InChI=1S/C24H48/c1-9-15-16-17-20-19-23(12-4,18-10-2)24(13-5,14-6)22(7,8)21(20)11-3/h20-21H,9-19H2,1-8H3. The van der Waals surface area contributed by atoms with Crippen molar-refractivity contribution >= 4 is 0 Å². The average molecular weight is 337 g/mol. The van der Waals surface area contributed by atoms with E-state index in [1.165, 1.54) is 70.6 Å². The Morgan fingerprint density at radius 3 is 1.83 bits per heavy atom. The Morgan fingerprint density at radius 1 is 0.792 bits per heavy atom. The lowest BCUT2D eigenvalue weighted by molar-refractivity contribution is -0.184. The summed E-state index contributed by atoms with van der Waals surface area (Å²) in [5, 5.41) is 0. The SMILES string of the molecule is CCCCCC1CC(CC)(CCC)C(CC)(CC)C(C)(C)C1CC. The van der Waals surface area contributed by atoms with Crippen molar-refractivity contribution in [3.05, 3.63) is 0 Å². The molecule has 0 spiro atoms. The van der Waals surface area contributed by atoms with E-state index < -0.39 is 0 Å². The maximum Gasteiger partial charge on any atom is -0.0192 e. The Kier molecular flexibility index (Phi) is 8.35. The monoisotopic (exact) mass is 336 g/mol. The van der Waals surface area contributed by atoms with Crippen molar-refractivity contribution < 1.29 is 0 Å². The van der Waals surface area contributed by atoms with E-state index in [0.717, 1.165) is 11.8 Å². The Morgan fingerprint density at radius 2 is 1.42 bits per heavy atom. The predicted octanol–water partition coefficient (Wildman–Crippen LogP) is 8.64. The Hall–Kier alpha value is 0. The molecule has 0 heteroatoms. The molecule has 1 aliphatic rings. The lowest BCUT2D eigenvalue weighted by atomic mass is 9.37. The summed E-state index contributed by atoms with van der Waals surface area (Å²) < 4.78 is 0. The third kappa shape index (κ3) is 3.45. The summed E-state index contributed by atoms with van der Waals surface area (Å²) in [6, 6.07) is 0. The van der Waals surface area contributed by atoms with E-state index in [-0.39, 0.29) is 0 Å². The van der Waals surface area contributed by atoms with Crippen LogP contribution in [-0.4, -0.2) is 0 Å². The Labute approximate surface area is 154 Å². The lowest BCUT2D eigenvalue weighted by Gasteiger charge is -2.67. The zero-order valence-corrected chi connectivity index (χ0v) is 18.4. The molecule has 0 aromatic carbocycles. The molecule has 1 saturated carbocycles. The van der Waals surface area contributed by atoms with Crippen LogP contribution in [0.4, 0.5) is 0 Å². The van der Waals surface area contributed by atoms with Crippen LogP contribution in [0.1, 0.15) is 126 Å². The van der Waals surface area contributed by atoms with Gasteiger partial charge in [-0.25, -0.2) is 0 Å².